The third-order valence-corrected chi connectivity index (χ3v) is 6.00. The van der Waals surface area contributed by atoms with Gasteiger partial charge in [-0.05, 0) is 48.9 Å². The number of benzene rings is 3. The van der Waals surface area contributed by atoms with Crippen LogP contribution in [0.2, 0.25) is 0 Å². The molecule has 0 aromatic heterocycles. The molecule has 1 amide bonds. The number of ether oxygens (including phenoxy) is 1. The number of rotatable bonds is 8. The van der Waals surface area contributed by atoms with Gasteiger partial charge in [0, 0.05) is 44.1 Å². The fourth-order valence-corrected chi connectivity index (χ4v) is 4.08. The number of anilines is 3. The van der Waals surface area contributed by atoms with Gasteiger partial charge in [0.25, 0.3) is 0 Å². The standard InChI is InChI=1S/C27H32N4O2/c1-21(27(32)29-25-10-6-7-11-26(25)33-2)28-23-12-14-24(15-13-23)31-18-16-30(17-19-31)20-22-8-4-3-5-9-22/h3-15,21,28H,16-20H2,1-2H3,(H,29,32). The first kappa shape index (κ1) is 22.7. The molecule has 6 nitrogen and oxygen atoms in total. The molecule has 0 bridgehead atoms. The van der Waals surface area contributed by atoms with E-state index in [4.69, 9.17) is 4.74 Å². The lowest BCUT2D eigenvalue weighted by Gasteiger charge is -2.36. The van der Waals surface area contributed by atoms with Crippen LogP contribution in [0.15, 0.2) is 78.9 Å². The van der Waals surface area contributed by atoms with Crippen molar-refractivity contribution in [2.45, 2.75) is 19.5 Å². The molecule has 2 N–H and O–H groups in total. The van der Waals surface area contributed by atoms with Crippen LogP contribution in [0.4, 0.5) is 17.1 Å². The Balaban J connectivity index is 1.27. The van der Waals surface area contributed by atoms with Crippen LogP contribution in [0.1, 0.15) is 12.5 Å². The van der Waals surface area contributed by atoms with E-state index in [0.717, 1.165) is 38.4 Å². The average molecular weight is 445 g/mol. The fourth-order valence-electron chi connectivity index (χ4n) is 4.08. The first-order valence-corrected chi connectivity index (χ1v) is 11.4. The van der Waals surface area contributed by atoms with Crippen molar-refractivity contribution in [3.05, 3.63) is 84.4 Å². The molecule has 33 heavy (non-hydrogen) atoms. The van der Waals surface area contributed by atoms with E-state index < -0.39 is 0 Å². The van der Waals surface area contributed by atoms with Gasteiger partial charge in [0.2, 0.25) is 5.91 Å². The maximum atomic E-state index is 12.6. The second kappa shape index (κ2) is 10.9. The van der Waals surface area contributed by atoms with E-state index in [2.05, 4.69) is 62.9 Å². The summed E-state index contributed by atoms with van der Waals surface area (Å²) >= 11 is 0. The van der Waals surface area contributed by atoms with Crippen LogP contribution in [-0.2, 0) is 11.3 Å². The minimum Gasteiger partial charge on any atom is -0.495 e. The number of carbonyl (C=O) groups is 1. The summed E-state index contributed by atoms with van der Waals surface area (Å²) in [6.45, 7) is 6.98. The molecule has 1 atom stereocenters. The Morgan fingerprint density at radius 2 is 1.58 bits per heavy atom. The maximum absolute atomic E-state index is 12.6. The van der Waals surface area contributed by atoms with Crippen LogP contribution in [0.25, 0.3) is 0 Å². The molecule has 0 radical (unpaired) electrons. The molecule has 1 aliphatic rings. The number of hydrogen-bond donors (Lipinski definition) is 2. The Hall–Kier alpha value is -3.51. The van der Waals surface area contributed by atoms with E-state index in [9.17, 15) is 4.79 Å². The molecule has 1 aliphatic heterocycles. The Morgan fingerprint density at radius 1 is 0.909 bits per heavy atom. The topological polar surface area (TPSA) is 56.8 Å². The number of para-hydroxylation sites is 2. The fraction of sp³-hybridized carbons (Fsp3) is 0.296. The second-order valence-corrected chi connectivity index (χ2v) is 8.35. The molecule has 0 saturated carbocycles. The summed E-state index contributed by atoms with van der Waals surface area (Å²) in [6, 6.07) is 26.0. The summed E-state index contributed by atoms with van der Waals surface area (Å²) in [4.78, 5) is 17.5. The summed E-state index contributed by atoms with van der Waals surface area (Å²) in [6.07, 6.45) is 0. The number of hydrogen-bond acceptors (Lipinski definition) is 5. The Labute approximate surface area is 196 Å². The van der Waals surface area contributed by atoms with Gasteiger partial charge in [0.15, 0.2) is 0 Å². The van der Waals surface area contributed by atoms with E-state index in [-0.39, 0.29) is 11.9 Å². The van der Waals surface area contributed by atoms with Crippen LogP contribution in [-0.4, -0.2) is 50.1 Å². The summed E-state index contributed by atoms with van der Waals surface area (Å²) < 4.78 is 5.31. The van der Waals surface area contributed by atoms with Crippen LogP contribution in [0.3, 0.4) is 0 Å². The predicted octanol–water partition coefficient (Wildman–Crippen LogP) is 4.46. The van der Waals surface area contributed by atoms with Gasteiger partial charge >= 0.3 is 0 Å². The van der Waals surface area contributed by atoms with Gasteiger partial charge in [-0.15, -0.1) is 0 Å². The normalized spacial score (nSPS) is 15.0. The van der Waals surface area contributed by atoms with Crippen molar-refractivity contribution < 1.29 is 9.53 Å². The third-order valence-electron chi connectivity index (χ3n) is 6.00. The first-order valence-electron chi connectivity index (χ1n) is 11.4. The van der Waals surface area contributed by atoms with Crippen molar-refractivity contribution in [2.24, 2.45) is 0 Å². The molecular weight excluding hydrogens is 412 g/mol. The molecule has 1 heterocycles. The highest BCUT2D eigenvalue weighted by atomic mass is 16.5. The maximum Gasteiger partial charge on any atom is 0.246 e. The van der Waals surface area contributed by atoms with E-state index in [1.807, 2.05) is 43.3 Å². The van der Waals surface area contributed by atoms with Crippen LogP contribution >= 0.6 is 0 Å². The highest BCUT2D eigenvalue weighted by Crippen LogP contribution is 2.24. The van der Waals surface area contributed by atoms with Crippen molar-refractivity contribution in [3.63, 3.8) is 0 Å². The molecular formula is C27H32N4O2. The van der Waals surface area contributed by atoms with Crippen molar-refractivity contribution in [1.29, 1.82) is 0 Å². The van der Waals surface area contributed by atoms with E-state index in [1.165, 1.54) is 11.3 Å². The van der Waals surface area contributed by atoms with Gasteiger partial charge in [0.1, 0.15) is 11.8 Å². The Kier molecular flexibility index (Phi) is 7.47. The smallest absolute Gasteiger partial charge is 0.246 e. The predicted molar refractivity (Wildman–Crippen MR) is 135 cm³/mol. The monoisotopic (exact) mass is 444 g/mol. The summed E-state index contributed by atoms with van der Waals surface area (Å²) in [5.41, 5.74) is 4.17. The third kappa shape index (κ3) is 6.05. The Morgan fingerprint density at radius 3 is 2.27 bits per heavy atom. The zero-order valence-corrected chi connectivity index (χ0v) is 19.3. The van der Waals surface area contributed by atoms with Gasteiger partial charge in [-0.3, -0.25) is 9.69 Å². The molecule has 3 aromatic carbocycles. The highest BCUT2D eigenvalue weighted by Gasteiger charge is 2.18. The van der Waals surface area contributed by atoms with E-state index in [1.54, 1.807) is 7.11 Å². The lowest BCUT2D eigenvalue weighted by molar-refractivity contribution is -0.116. The van der Waals surface area contributed by atoms with Crippen LogP contribution < -0.4 is 20.3 Å². The van der Waals surface area contributed by atoms with Crippen molar-refractivity contribution in [1.82, 2.24) is 4.90 Å². The molecule has 1 saturated heterocycles. The first-order chi connectivity index (χ1) is 16.1. The van der Waals surface area contributed by atoms with Crippen LogP contribution in [0.5, 0.6) is 5.75 Å². The SMILES string of the molecule is COc1ccccc1NC(=O)C(C)Nc1ccc(N2CCN(Cc3ccccc3)CC2)cc1. The van der Waals surface area contributed by atoms with Crippen LogP contribution in [0, 0.1) is 0 Å². The van der Waals surface area contributed by atoms with Gasteiger partial charge in [-0.25, -0.2) is 0 Å². The lowest BCUT2D eigenvalue weighted by Crippen LogP contribution is -2.45. The molecule has 1 fully saturated rings. The lowest BCUT2D eigenvalue weighted by atomic mass is 10.2. The molecule has 0 aliphatic carbocycles. The largest absolute Gasteiger partial charge is 0.495 e. The minimum atomic E-state index is -0.387. The Bertz CT molecular complexity index is 1030. The van der Waals surface area contributed by atoms with Crippen molar-refractivity contribution >= 4 is 23.0 Å². The number of piperazine rings is 1. The number of nitrogens with zero attached hydrogens (tertiary/aromatic N) is 2. The number of amides is 1. The zero-order valence-electron chi connectivity index (χ0n) is 19.3. The molecule has 3 aromatic rings. The van der Waals surface area contributed by atoms with Gasteiger partial charge < -0.3 is 20.3 Å². The average Bonchev–Trinajstić information content (AvgIpc) is 2.86. The van der Waals surface area contributed by atoms with Crippen molar-refractivity contribution in [3.8, 4) is 5.75 Å². The zero-order chi connectivity index (χ0) is 23.0. The number of methoxy groups -OCH3 is 1. The summed E-state index contributed by atoms with van der Waals surface area (Å²) in [7, 11) is 1.59. The van der Waals surface area contributed by atoms with Gasteiger partial charge in [-0.1, -0.05) is 42.5 Å². The number of carbonyl (C=O) groups excluding carboxylic acids is 1. The van der Waals surface area contributed by atoms with E-state index in [0.29, 0.717) is 11.4 Å². The van der Waals surface area contributed by atoms with Crippen molar-refractivity contribution in [2.75, 3.05) is 48.8 Å². The number of nitrogens with one attached hydrogen (secondary N) is 2. The molecule has 6 heteroatoms. The molecule has 1 unspecified atom stereocenters. The highest BCUT2D eigenvalue weighted by molar-refractivity contribution is 5.97. The molecule has 172 valence electrons. The minimum absolute atomic E-state index is 0.113. The summed E-state index contributed by atoms with van der Waals surface area (Å²) in [5.74, 6) is 0.532. The summed E-state index contributed by atoms with van der Waals surface area (Å²) in [5, 5.41) is 6.21. The second-order valence-electron chi connectivity index (χ2n) is 8.35. The van der Waals surface area contributed by atoms with Gasteiger partial charge in [0.05, 0.1) is 12.8 Å². The van der Waals surface area contributed by atoms with Gasteiger partial charge in [-0.2, -0.15) is 0 Å². The van der Waals surface area contributed by atoms with E-state index >= 15 is 0 Å². The quantitative estimate of drug-likeness (QED) is 0.537. The molecule has 0 spiro atoms. The molecule has 4 rings (SSSR count).